The highest BCUT2D eigenvalue weighted by molar-refractivity contribution is 7.17. The molecule has 0 saturated carbocycles. The fourth-order valence-electron chi connectivity index (χ4n) is 2.80. The van der Waals surface area contributed by atoms with E-state index in [0.717, 1.165) is 32.9 Å². The predicted molar refractivity (Wildman–Crippen MR) is 101 cm³/mol. The van der Waals surface area contributed by atoms with Crippen LogP contribution in [0, 0.1) is 6.92 Å². The van der Waals surface area contributed by atoms with E-state index in [1.807, 2.05) is 36.1 Å². The van der Waals surface area contributed by atoms with Crippen LogP contribution in [0.1, 0.15) is 5.82 Å². The van der Waals surface area contributed by atoms with Crippen molar-refractivity contribution in [2.45, 2.75) is 6.92 Å². The molecule has 2 N–H and O–H groups in total. The Bertz CT molecular complexity index is 843. The number of aliphatic hydroxyl groups is 2. The van der Waals surface area contributed by atoms with Gasteiger partial charge in [0.25, 0.3) is 0 Å². The molecule has 7 heteroatoms. The molecule has 0 unspecified atom stereocenters. The van der Waals surface area contributed by atoms with Gasteiger partial charge in [-0.05, 0) is 24.6 Å². The summed E-state index contributed by atoms with van der Waals surface area (Å²) in [6.45, 7) is 2.65. The minimum absolute atomic E-state index is 0.00739. The van der Waals surface area contributed by atoms with Crippen molar-refractivity contribution >= 4 is 27.4 Å². The Morgan fingerprint density at radius 3 is 2.36 bits per heavy atom. The van der Waals surface area contributed by atoms with Gasteiger partial charge in [-0.15, -0.1) is 11.3 Å². The van der Waals surface area contributed by atoms with E-state index in [0.29, 0.717) is 18.9 Å². The molecule has 2 heterocycles. The van der Waals surface area contributed by atoms with Crippen molar-refractivity contribution in [3.05, 3.63) is 35.5 Å². The first-order valence-electron chi connectivity index (χ1n) is 8.05. The molecule has 0 aliphatic heterocycles. The Labute approximate surface area is 150 Å². The number of rotatable bonds is 7. The van der Waals surface area contributed by atoms with Crippen LogP contribution in [-0.2, 0) is 0 Å². The second kappa shape index (κ2) is 7.77. The highest BCUT2D eigenvalue weighted by Gasteiger charge is 2.18. The monoisotopic (exact) mass is 359 g/mol. The van der Waals surface area contributed by atoms with Crippen molar-refractivity contribution < 1.29 is 14.9 Å². The predicted octanol–water partition coefficient (Wildman–Crippen LogP) is 2.47. The average Bonchev–Trinajstić information content (AvgIpc) is 3.04. The van der Waals surface area contributed by atoms with Crippen molar-refractivity contribution in [1.82, 2.24) is 9.97 Å². The number of anilines is 1. The topological polar surface area (TPSA) is 78.7 Å². The van der Waals surface area contributed by atoms with Crippen molar-refractivity contribution in [2.75, 3.05) is 38.3 Å². The van der Waals surface area contributed by atoms with Gasteiger partial charge in [0, 0.05) is 24.0 Å². The lowest BCUT2D eigenvalue weighted by atomic mass is 10.1. The largest absolute Gasteiger partial charge is 0.497 e. The Hall–Kier alpha value is -2.22. The van der Waals surface area contributed by atoms with Gasteiger partial charge in [0.15, 0.2) is 0 Å². The summed E-state index contributed by atoms with van der Waals surface area (Å²) in [5, 5.41) is 21.8. The third kappa shape index (κ3) is 3.58. The van der Waals surface area contributed by atoms with Gasteiger partial charge in [-0.3, -0.25) is 0 Å². The second-order valence-electron chi connectivity index (χ2n) is 5.59. The number of thiophene rings is 1. The van der Waals surface area contributed by atoms with Crippen LogP contribution in [0.5, 0.6) is 5.75 Å². The van der Waals surface area contributed by atoms with Gasteiger partial charge in [0.05, 0.1) is 25.7 Å². The lowest BCUT2D eigenvalue weighted by Crippen LogP contribution is -2.30. The SMILES string of the molecule is COc1ccc(-c2csc3nc(C)nc(N(CCO)CCO)c23)cc1. The van der Waals surface area contributed by atoms with Gasteiger partial charge >= 0.3 is 0 Å². The molecular formula is C18H21N3O3S. The van der Waals surface area contributed by atoms with Crippen molar-refractivity contribution in [2.24, 2.45) is 0 Å². The summed E-state index contributed by atoms with van der Waals surface area (Å²) < 4.78 is 5.23. The molecule has 6 nitrogen and oxygen atoms in total. The van der Waals surface area contributed by atoms with Gasteiger partial charge in [-0.2, -0.15) is 0 Å². The van der Waals surface area contributed by atoms with E-state index in [1.165, 1.54) is 0 Å². The Morgan fingerprint density at radius 2 is 1.76 bits per heavy atom. The van der Waals surface area contributed by atoms with Gasteiger partial charge in [0.1, 0.15) is 22.2 Å². The zero-order valence-electron chi connectivity index (χ0n) is 14.3. The number of aryl methyl sites for hydroxylation is 1. The molecule has 0 saturated heterocycles. The fourth-order valence-corrected chi connectivity index (χ4v) is 3.79. The number of methoxy groups -OCH3 is 1. The summed E-state index contributed by atoms with van der Waals surface area (Å²) in [5.41, 5.74) is 2.09. The zero-order chi connectivity index (χ0) is 17.8. The normalized spacial score (nSPS) is 11.0. The first kappa shape index (κ1) is 17.6. The highest BCUT2D eigenvalue weighted by atomic mass is 32.1. The van der Waals surface area contributed by atoms with E-state index in [-0.39, 0.29) is 13.2 Å². The second-order valence-corrected chi connectivity index (χ2v) is 6.44. The lowest BCUT2D eigenvalue weighted by molar-refractivity contribution is 0.281. The minimum atomic E-state index is -0.00739. The molecule has 2 aromatic heterocycles. The fraction of sp³-hybridized carbons (Fsp3) is 0.333. The van der Waals surface area contributed by atoms with Gasteiger partial charge in [-0.25, -0.2) is 9.97 Å². The third-order valence-electron chi connectivity index (χ3n) is 3.97. The summed E-state index contributed by atoms with van der Waals surface area (Å²) in [4.78, 5) is 12.0. The number of ether oxygens (including phenoxy) is 1. The van der Waals surface area contributed by atoms with Crippen LogP contribution in [0.2, 0.25) is 0 Å². The minimum Gasteiger partial charge on any atom is -0.497 e. The number of hydrogen-bond donors (Lipinski definition) is 2. The number of fused-ring (bicyclic) bond motifs is 1. The number of aliphatic hydroxyl groups excluding tert-OH is 2. The molecule has 0 aliphatic rings. The molecule has 1 aromatic carbocycles. The van der Waals surface area contributed by atoms with Crippen LogP contribution in [0.4, 0.5) is 5.82 Å². The van der Waals surface area contributed by atoms with E-state index in [2.05, 4.69) is 15.3 Å². The number of benzene rings is 1. The molecule has 0 radical (unpaired) electrons. The van der Waals surface area contributed by atoms with Crippen molar-refractivity contribution in [3.8, 4) is 16.9 Å². The Morgan fingerprint density at radius 1 is 1.08 bits per heavy atom. The van der Waals surface area contributed by atoms with Crippen molar-refractivity contribution in [3.63, 3.8) is 0 Å². The zero-order valence-corrected chi connectivity index (χ0v) is 15.1. The van der Waals surface area contributed by atoms with Gasteiger partial charge in [-0.1, -0.05) is 12.1 Å². The van der Waals surface area contributed by atoms with Crippen LogP contribution in [0.3, 0.4) is 0 Å². The molecular weight excluding hydrogens is 338 g/mol. The first-order valence-corrected chi connectivity index (χ1v) is 8.92. The summed E-state index contributed by atoms with van der Waals surface area (Å²) >= 11 is 1.57. The molecule has 25 heavy (non-hydrogen) atoms. The number of aromatic nitrogens is 2. The number of hydrogen-bond acceptors (Lipinski definition) is 7. The molecule has 0 fully saturated rings. The highest BCUT2D eigenvalue weighted by Crippen LogP contribution is 2.38. The standard InChI is InChI=1S/C18H21N3O3S/c1-12-19-17(21(7-9-22)8-10-23)16-15(11-25-18(16)20-12)13-3-5-14(24-2)6-4-13/h3-6,11,22-23H,7-10H2,1-2H3. The van der Waals surface area contributed by atoms with E-state index < -0.39 is 0 Å². The molecule has 0 bridgehead atoms. The van der Waals surface area contributed by atoms with E-state index in [4.69, 9.17) is 4.74 Å². The van der Waals surface area contributed by atoms with Crippen LogP contribution >= 0.6 is 11.3 Å². The Balaban J connectivity index is 2.16. The van der Waals surface area contributed by atoms with E-state index in [9.17, 15) is 10.2 Å². The first-order chi connectivity index (χ1) is 12.2. The Kier molecular flexibility index (Phi) is 5.47. The molecule has 0 aliphatic carbocycles. The maximum absolute atomic E-state index is 9.38. The van der Waals surface area contributed by atoms with Gasteiger partial charge < -0.3 is 19.8 Å². The third-order valence-corrected chi connectivity index (χ3v) is 4.84. The molecule has 0 spiro atoms. The maximum Gasteiger partial charge on any atom is 0.141 e. The summed E-state index contributed by atoms with van der Waals surface area (Å²) in [5.74, 6) is 2.22. The van der Waals surface area contributed by atoms with Crippen LogP contribution in [0.25, 0.3) is 21.3 Å². The van der Waals surface area contributed by atoms with Crippen LogP contribution in [-0.4, -0.2) is 53.6 Å². The van der Waals surface area contributed by atoms with Gasteiger partial charge in [0.2, 0.25) is 0 Å². The van der Waals surface area contributed by atoms with Crippen molar-refractivity contribution in [1.29, 1.82) is 0 Å². The summed E-state index contributed by atoms with van der Waals surface area (Å²) in [6, 6.07) is 7.86. The van der Waals surface area contributed by atoms with E-state index >= 15 is 0 Å². The lowest BCUT2D eigenvalue weighted by Gasteiger charge is -2.23. The summed E-state index contributed by atoms with van der Waals surface area (Å²) in [6.07, 6.45) is 0. The van der Waals surface area contributed by atoms with Crippen LogP contribution < -0.4 is 9.64 Å². The molecule has 132 valence electrons. The molecule has 0 atom stereocenters. The van der Waals surface area contributed by atoms with E-state index in [1.54, 1.807) is 18.4 Å². The molecule has 3 aromatic rings. The average molecular weight is 359 g/mol. The summed E-state index contributed by atoms with van der Waals surface area (Å²) in [7, 11) is 1.64. The number of nitrogens with zero attached hydrogens (tertiary/aromatic N) is 3. The maximum atomic E-state index is 9.38. The quantitative estimate of drug-likeness (QED) is 0.675. The smallest absolute Gasteiger partial charge is 0.141 e. The molecule has 0 amide bonds. The molecule has 3 rings (SSSR count). The van der Waals surface area contributed by atoms with Crippen LogP contribution in [0.15, 0.2) is 29.6 Å².